The van der Waals surface area contributed by atoms with Crippen molar-refractivity contribution in [2.45, 2.75) is 203 Å². The van der Waals surface area contributed by atoms with Crippen LogP contribution in [0.4, 0.5) is 0 Å². The zero-order valence-corrected chi connectivity index (χ0v) is 34.9. The molecular formula is C42H74O9. The van der Waals surface area contributed by atoms with E-state index in [1.54, 1.807) is 0 Å². The van der Waals surface area contributed by atoms with Crippen molar-refractivity contribution in [3.05, 3.63) is 0 Å². The molecule has 0 N–H and O–H groups in total. The second-order valence-corrected chi connectivity index (χ2v) is 19.6. The zero-order valence-electron chi connectivity index (χ0n) is 34.9. The predicted molar refractivity (Wildman–Crippen MR) is 197 cm³/mol. The Morgan fingerprint density at radius 2 is 1.41 bits per heavy atom. The molecule has 51 heavy (non-hydrogen) atoms. The predicted octanol–water partition coefficient (Wildman–Crippen LogP) is 8.55. The Morgan fingerprint density at radius 1 is 0.765 bits per heavy atom. The van der Waals surface area contributed by atoms with Gasteiger partial charge in [0.2, 0.25) is 0 Å². The molecular weight excluding hydrogens is 648 g/mol. The molecule has 5 saturated heterocycles. The molecule has 0 radical (unpaired) electrons. The number of hydrogen-bond donors (Lipinski definition) is 0. The van der Waals surface area contributed by atoms with Crippen LogP contribution in [0.15, 0.2) is 0 Å². The van der Waals surface area contributed by atoms with Crippen LogP contribution < -0.4 is 0 Å². The summed E-state index contributed by atoms with van der Waals surface area (Å²) < 4.78 is 53.8. The number of cyclic esters (lactones) is 1. The fourth-order valence-corrected chi connectivity index (χ4v) is 10.3. The Kier molecular flexibility index (Phi) is 12.2. The third-order valence-electron chi connectivity index (χ3n) is 14.0. The average Bonchev–Trinajstić information content (AvgIpc) is 3.83. The van der Waals surface area contributed by atoms with Gasteiger partial charge in [-0.15, -0.1) is 0 Å². The first-order valence-corrected chi connectivity index (χ1v) is 20.4. The minimum Gasteiger partial charge on any atom is -0.459 e. The largest absolute Gasteiger partial charge is 0.459 e. The first-order valence-electron chi connectivity index (χ1n) is 20.4. The van der Waals surface area contributed by atoms with Crippen LogP contribution in [0.1, 0.15) is 136 Å². The number of hydrogen-bond acceptors (Lipinski definition) is 9. The molecule has 0 amide bonds. The first kappa shape index (κ1) is 41.4. The van der Waals surface area contributed by atoms with Gasteiger partial charge in [-0.1, -0.05) is 76.2 Å². The van der Waals surface area contributed by atoms with Crippen molar-refractivity contribution in [3.8, 4) is 0 Å². The standard InChI is InChI=1S/C42H74O9/c1-17-31-42(21-44-42)36-26(6)33(50-41(15,16)51-36)23(3)19-40(13,14)35(49-38-25(5)22(2)18-24(4)45-38)27(7)34(28(8)37(43)47-31)48-32-20-39(11,12)29(9)30(10)46-32/h22-36,38H,17-21H2,1-16H3/t22-,23+,24+,25+,26-,27-,28+,29-,30-,31+,32?,33-,34-,35+,36+,38?,42+/m0/s1. The second kappa shape index (κ2) is 15.0. The summed E-state index contributed by atoms with van der Waals surface area (Å²) in [5, 5.41) is 0. The average molecular weight is 723 g/mol. The molecule has 0 aliphatic carbocycles. The van der Waals surface area contributed by atoms with E-state index >= 15 is 0 Å². The quantitative estimate of drug-likeness (QED) is 0.204. The van der Waals surface area contributed by atoms with Crippen LogP contribution in [0.5, 0.6) is 0 Å². The molecule has 2 unspecified atom stereocenters. The number of carbonyl (C=O) groups is 1. The summed E-state index contributed by atoms with van der Waals surface area (Å²) in [4.78, 5) is 14.5. The summed E-state index contributed by atoms with van der Waals surface area (Å²) in [6.07, 6.45) is 0.675. The number of epoxide rings is 1. The van der Waals surface area contributed by atoms with Gasteiger partial charge >= 0.3 is 5.97 Å². The summed E-state index contributed by atoms with van der Waals surface area (Å²) in [5.41, 5.74) is -1.08. The normalized spacial score (nSPS) is 50.2. The summed E-state index contributed by atoms with van der Waals surface area (Å²) >= 11 is 0. The van der Waals surface area contributed by atoms with Crippen LogP contribution in [-0.4, -0.2) is 79.3 Å². The lowest BCUT2D eigenvalue weighted by Gasteiger charge is -2.52. The van der Waals surface area contributed by atoms with Crippen LogP contribution in [0.2, 0.25) is 0 Å². The monoisotopic (exact) mass is 723 g/mol. The highest BCUT2D eigenvalue weighted by molar-refractivity contribution is 5.73. The molecule has 0 aromatic heterocycles. The summed E-state index contributed by atoms with van der Waals surface area (Å²) in [7, 11) is 0. The molecule has 296 valence electrons. The van der Waals surface area contributed by atoms with Crippen molar-refractivity contribution in [3.63, 3.8) is 0 Å². The van der Waals surface area contributed by atoms with Crippen molar-refractivity contribution in [1.82, 2.24) is 0 Å². The van der Waals surface area contributed by atoms with E-state index in [0.29, 0.717) is 24.9 Å². The second-order valence-electron chi connectivity index (χ2n) is 19.6. The van der Waals surface area contributed by atoms with Gasteiger partial charge in [0.05, 0.1) is 43.0 Å². The topological polar surface area (TPSA) is 94.2 Å². The Hall–Kier alpha value is -0.810. The molecule has 2 bridgehead atoms. The van der Waals surface area contributed by atoms with E-state index < -0.39 is 35.8 Å². The van der Waals surface area contributed by atoms with E-state index in [4.69, 9.17) is 37.9 Å². The minimum atomic E-state index is -0.825. The van der Waals surface area contributed by atoms with Gasteiger partial charge in [0, 0.05) is 24.2 Å². The van der Waals surface area contributed by atoms with Crippen LogP contribution in [0.25, 0.3) is 0 Å². The van der Waals surface area contributed by atoms with Crippen molar-refractivity contribution >= 4 is 5.97 Å². The van der Waals surface area contributed by atoms with Crippen molar-refractivity contribution in [2.24, 2.45) is 52.3 Å². The third kappa shape index (κ3) is 8.40. The lowest BCUT2D eigenvalue weighted by molar-refractivity contribution is -0.342. The van der Waals surface area contributed by atoms with Crippen molar-refractivity contribution in [2.75, 3.05) is 6.61 Å². The number of rotatable bonds is 5. The van der Waals surface area contributed by atoms with E-state index in [1.807, 2.05) is 20.8 Å². The zero-order chi connectivity index (χ0) is 38.0. The van der Waals surface area contributed by atoms with Gasteiger partial charge in [-0.3, -0.25) is 4.79 Å². The third-order valence-corrected chi connectivity index (χ3v) is 14.0. The highest BCUT2D eigenvalue weighted by atomic mass is 16.7. The summed E-state index contributed by atoms with van der Waals surface area (Å²) in [6.45, 7) is 35.4. The van der Waals surface area contributed by atoms with E-state index in [2.05, 4.69) is 90.0 Å². The van der Waals surface area contributed by atoms with Gasteiger partial charge in [0.15, 0.2) is 24.0 Å². The van der Waals surface area contributed by atoms with Gasteiger partial charge in [-0.2, -0.15) is 0 Å². The molecule has 0 aromatic rings. The molecule has 0 aromatic carbocycles. The Balaban J connectivity index is 1.59. The van der Waals surface area contributed by atoms with E-state index in [1.165, 1.54) is 0 Å². The highest BCUT2D eigenvalue weighted by Gasteiger charge is 2.65. The first-order chi connectivity index (χ1) is 23.5. The molecule has 9 nitrogen and oxygen atoms in total. The Morgan fingerprint density at radius 3 is 2.00 bits per heavy atom. The fraction of sp³-hybridized carbons (Fsp3) is 0.976. The SMILES string of the molecule is CC[C@H]1OC(=O)[C@H](C)[C@@H](OC2CC(C)(C)[C@@H](C)[C@H](C)O2)[C@H](C)[C@@H](OC2O[C@H](C)C[C@H](C)[C@H]2C)C(C)(C)C[C@@H](C)[C@@H]2OC(C)(C)O[C@H]([C@H]2C)[C@@]12CO2. The molecule has 17 atom stereocenters. The van der Waals surface area contributed by atoms with E-state index in [0.717, 1.165) is 19.3 Å². The van der Waals surface area contributed by atoms with Crippen LogP contribution in [-0.2, 0) is 42.7 Å². The smallest absolute Gasteiger partial charge is 0.311 e. The Labute approximate surface area is 310 Å². The van der Waals surface area contributed by atoms with Gasteiger partial charge in [-0.05, 0) is 82.5 Å². The highest BCUT2D eigenvalue weighted by Crippen LogP contribution is 2.51. The molecule has 0 saturated carbocycles. The van der Waals surface area contributed by atoms with Crippen LogP contribution in [0, 0.1) is 52.3 Å². The molecule has 5 heterocycles. The van der Waals surface area contributed by atoms with Crippen molar-refractivity contribution < 1.29 is 42.7 Å². The van der Waals surface area contributed by atoms with Crippen molar-refractivity contribution in [1.29, 1.82) is 0 Å². The van der Waals surface area contributed by atoms with Gasteiger partial charge in [0.25, 0.3) is 0 Å². The maximum absolute atomic E-state index is 14.5. The van der Waals surface area contributed by atoms with Gasteiger partial charge < -0.3 is 37.9 Å². The maximum atomic E-state index is 14.5. The molecule has 5 fully saturated rings. The maximum Gasteiger partial charge on any atom is 0.311 e. The number of carbonyl (C=O) groups excluding carboxylic acids is 1. The van der Waals surface area contributed by atoms with Gasteiger partial charge in [-0.25, -0.2) is 0 Å². The van der Waals surface area contributed by atoms with E-state index in [-0.39, 0.29) is 77.3 Å². The molecule has 9 heteroatoms. The molecule has 1 spiro atoms. The number of esters is 1. The lowest BCUT2D eigenvalue weighted by atomic mass is 9.68. The summed E-state index contributed by atoms with van der Waals surface area (Å²) in [5.74, 6) is -0.753. The minimum absolute atomic E-state index is 0.00434. The van der Waals surface area contributed by atoms with E-state index in [9.17, 15) is 4.79 Å². The molecule has 5 aliphatic rings. The molecule has 5 rings (SSSR count). The molecule has 5 aliphatic heterocycles. The van der Waals surface area contributed by atoms with Gasteiger partial charge in [0.1, 0.15) is 12.2 Å². The summed E-state index contributed by atoms with van der Waals surface area (Å²) in [6, 6.07) is 0. The fourth-order valence-electron chi connectivity index (χ4n) is 10.3. The van der Waals surface area contributed by atoms with Crippen LogP contribution in [0.3, 0.4) is 0 Å². The lowest BCUT2D eigenvalue weighted by Crippen LogP contribution is -2.61. The number of fused-ring (bicyclic) bond motifs is 3. The Bertz CT molecular complexity index is 1200. The number of ether oxygens (including phenoxy) is 8. The van der Waals surface area contributed by atoms with Crippen LogP contribution >= 0.6 is 0 Å².